The van der Waals surface area contributed by atoms with E-state index < -0.39 is 6.04 Å². The summed E-state index contributed by atoms with van der Waals surface area (Å²) in [5.41, 5.74) is 0.752. The summed E-state index contributed by atoms with van der Waals surface area (Å²) in [6.45, 7) is 2.47. The van der Waals surface area contributed by atoms with Gasteiger partial charge in [0.2, 0.25) is 11.8 Å². The molecule has 4 rings (SSSR count). The van der Waals surface area contributed by atoms with Crippen LogP contribution in [0.2, 0.25) is 0 Å². The lowest BCUT2D eigenvalue weighted by Crippen LogP contribution is -2.53. The number of nitrogens with one attached hydrogen (secondary N) is 2. The second-order valence-electron chi connectivity index (χ2n) is 7.15. The maximum atomic E-state index is 12.7. The Balaban J connectivity index is 1.41. The number of likely N-dealkylation sites (tertiary alicyclic amines) is 1. The Kier molecular flexibility index (Phi) is 4.33. The summed E-state index contributed by atoms with van der Waals surface area (Å²) >= 11 is 0. The van der Waals surface area contributed by atoms with Crippen LogP contribution in [-0.2, 0) is 19.1 Å². The number of rotatable bonds is 3. The molecule has 0 aromatic carbocycles. The van der Waals surface area contributed by atoms with Gasteiger partial charge in [-0.15, -0.1) is 0 Å². The van der Waals surface area contributed by atoms with Gasteiger partial charge >= 0.3 is 0 Å². The zero-order valence-corrected chi connectivity index (χ0v) is 14.1. The molecule has 0 aromatic heterocycles. The third-order valence-electron chi connectivity index (χ3n) is 5.45. The third-order valence-corrected chi connectivity index (χ3v) is 5.45. The summed E-state index contributed by atoms with van der Waals surface area (Å²) in [7, 11) is 0. The molecule has 3 fully saturated rings. The van der Waals surface area contributed by atoms with Crippen LogP contribution < -0.4 is 10.6 Å². The van der Waals surface area contributed by atoms with Crippen LogP contribution in [0.1, 0.15) is 32.1 Å². The van der Waals surface area contributed by atoms with E-state index in [2.05, 4.69) is 10.6 Å². The maximum Gasteiger partial charge on any atom is 0.250 e. The van der Waals surface area contributed by atoms with Crippen LogP contribution in [0.4, 0.5) is 0 Å². The molecule has 3 amide bonds. The molecule has 134 valence electrons. The fraction of sp³-hybridized carbons (Fsp3) is 0.611. The van der Waals surface area contributed by atoms with Crippen molar-refractivity contribution < 1.29 is 19.1 Å². The quantitative estimate of drug-likeness (QED) is 0.715. The van der Waals surface area contributed by atoms with Crippen molar-refractivity contribution in [3.05, 3.63) is 23.5 Å². The first-order valence-corrected chi connectivity index (χ1v) is 9.04. The Morgan fingerprint density at radius 1 is 1.08 bits per heavy atom. The van der Waals surface area contributed by atoms with Crippen molar-refractivity contribution in [1.29, 1.82) is 0 Å². The van der Waals surface area contributed by atoms with Crippen LogP contribution >= 0.6 is 0 Å². The van der Waals surface area contributed by atoms with E-state index in [1.54, 1.807) is 4.90 Å². The van der Waals surface area contributed by atoms with E-state index in [0.29, 0.717) is 19.4 Å². The average molecular weight is 345 g/mol. The van der Waals surface area contributed by atoms with Crippen molar-refractivity contribution in [2.24, 2.45) is 5.92 Å². The van der Waals surface area contributed by atoms with Gasteiger partial charge in [-0.2, -0.15) is 0 Å². The first-order valence-electron chi connectivity index (χ1n) is 9.04. The lowest BCUT2D eigenvalue weighted by molar-refractivity contribution is -0.142. The number of amides is 3. The lowest BCUT2D eigenvalue weighted by atomic mass is 9.93. The van der Waals surface area contributed by atoms with Crippen molar-refractivity contribution in [3.8, 4) is 0 Å². The highest BCUT2D eigenvalue weighted by atomic mass is 16.5. The second-order valence-corrected chi connectivity index (χ2v) is 7.15. The summed E-state index contributed by atoms with van der Waals surface area (Å²) in [5.74, 6) is 0.293. The number of hydrogen-bond acceptors (Lipinski definition) is 5. The van der Waals surface area contributed by atoms with E-state index in [4.69, 9.17) is 4.74 Å². The highest BCUT2D eigenvalue weighted by Crippen LogP contribution is 2.36. The second kappa shape index (κ2) is 6.63. The Morgan fingerprint density at radius 3 is 2.64 bits per heavy atom. The van der Waals surface area contributed by atoms with Crippen molar-refractivity contribution in [2.75, 3.05) is 19.6 Å². The van der Waals surface area contributed by atoms with Crippen molar-refractivity contribution >= 4 is 17.7 Å². The largest absolute Gasteiger partial charge is 0.495 e. The zero-order valence-electron chi connectivity index (χ0n) is 14.1. The molecule has 0 saturated carbocycles. The Hall–Kier alpha value is -2.15. The molecular weight excluding hydrogens is 322 g/mol. The topological polar surface area (TPSA) is 87.7 Å². The Bertz CT molecular complexity index is 663. The molecule has 0 aromatic rings. The molecule has 4 aliphatic rings. The molecule has 0 bridgehead atoms. The van der Waals surface area contributed by atoms with Gasteiger partial charge in [0.1, 0.15) is 12.1 Å². The van der Waals surface area contributed by atoms with Gasteiger partial charge in [0.05, 0.1) is 5.76 Å². The normalized spacial score (nSPS) is 30.6. The number of hydrogen-bond donors (Lipinski definition) is 2. The molecule has 3 aliphatic heterocycles. The van der Waals surface area contributed by atoms with Gasteiger partial charge in [-0.3, -0.25) is 19.7 Å². The van der Waals surface area contributed by atoms with Gasteiger partial charge in [-0.05, 0) is 44.5 Å². The highest BCUT2D eigenvalue weighted by molar-refractivity contribution is 6.04. The van der Waals surface area contributed by atoms with Crippen molar-refractivity contribution in [2.45, 2.75) is 44.2 Å². The summed E-state index contributed by atoms with van der Waals surface area (Å²) in [4.78, 5) is 37.7. The van der Waals surface area contributed by atoms with Gasteiger partial charge in [-0.25, -0.2) is 0 Å². The molecule has 2 N–H and O–H groups in total. The molecule has 0 radical (unpaired) electrons. The number of carbonyl (C=O) groups is 3. The van der Waals surface area contributed by atoms with Crippen LogP contribution in [0, 0.1) is 5.92 Å². The standard InChI is InChI=1S/C18H23N3O4/c22-16-4-3-15(17(23)20-16)21-10-11-9-13(1-2-14(11)18(21)24)25-12-5-7-19-8-6-12/h1-2,11-12,15,19H,3-10H2,(H,20,22,23). The minimum atomic E-state index is -0.537. The summed E-state index contributed by atoms with van der Waals surface area (Å²) in [6, 6.07) is -0.537. The summed E-state index contributed by atoms with van der Waals surface area (Å²) in [5, 5.41) is 5.66. The van der Waals surface area contributed by atoms with Gasteiger partial charge in [0.15, 0.2) is 0 Å². The first kappa shape index (κ1) is 16.3. The van der Waals surface area contributed by atoms with Crippen molar-refractivity contribution in [3.63, 3.8) is 0 Å². The predicted molar refractivity (Wildman–Crippen MR) is 89.1 cm³/mol. The van der Waals surface area contributed by atoms with Crippen LogP contribution in [0.3, 0.4) is 0 Å². The molecular formula is C18H23N3O4. The van der Waals surface area contributed by atoms with E-state index in [-0.39, 0.29) is 36.2 Å². The van der Waals surface area contributed by atoms with Gasteiger partial charge in [-0.1, -0.05) is 0 Å². The van der Waals surface area contributed by atoms with E-state index in [1.165, 1.54) is 0 Å². The average Bonchev–Trinajstić information content (AvgIpc) is 2.92. The van der Waals surface area contributed by atoms with E-state index in [0.717, 1.165) is 37.3 Å². The van der Waals surface area contributed by atoms with E-state index in [1.807, 2.05) is 12.2 Å². The number of allylic oxidation sites excluding steroid dienone is 3. The summed E-state index contributed by atoms with van der Waals surface area (Å²) in [6.07, 6.45) is 7.38. The van der Waals surface area contributed by atoms with Crippen LogP contribution in [0.5, 0.6) is 0 Å². The van der Waals surface area contributed by atoms with Gasteiger partial charge in [0.25, 0.3) is 5.91 Å². The molecule has 2 unspecified atom stereocenters. The van der Waals surface area contributed by atoms with E-state index in [9.17, 15) is 14.4 Å². The fourth-order valence-electron chi connectivity index (χ4n) is 4.10. The van der Waals surface area contributed by atoms with E-state index >= 15 is 0 Å². The number of imide groups is 1. The fourth-order valence-corrected chi connectivity index (χ4v) is 4.10. The summed E-state index contributed by atoms with van der Waals surface area (Å²) < 4.78 is 6.11. The SMILES string of the molecule is O=C1CCC(N2CC3CC(OC4CCNCC4)=CC=C3C2=O)C(=O)N1. The van der Waals surface area contributed by atoms with Crippen LogP contribution in [0.15, 0.2) is 23.5 Å². The smallest absolute Gasteiger partial charge is 0.250 e. The minimum absolute atomic E-state index is 0.0691. The molecule has 0 spiro atoms. The number of carbonyl (C=O) groups excluding carboxylic acids is 3. The van der Waals surface area contributed by atoms with Gasteiger partial charge in [0, 0.05) is 30.9 Å². The third kappa shape index (κ3) is 3.20. The molecule has 25 heavy (non-hydrogen) atoms. The zero-order chi connectivity index (χ0) is 17.4. The Labute approximate surface area is 146 Å². The number of fused-ring (bicyclic) bond motifs is 1. The molecule has 7 heteroatoms. The Morgan fingerprint density at radius 2 is 1.88 bits per heavy atom. The molecule has 3 heterocycles. The van der Waals surface area contributed by atoms with Crippen LogP contribution in [0.25, 0.3) is 0 Å². The maximum absolute atomic E-state index is 12.7. The first-order chi connectivity index (χ1) is 12.1. The monoisotopic (exact) mass is 345 g/mol. The van der Waals surface area contributed by atoms with Gasteiger partial charge < -0.3 is 15.0 Å². The predicted octanol–water partition coefficient (Wildman–Crippen LogP) is 0.233. The highest BCUT2D eigenvalue weighted by Gasteiger charge is 2.44. The number of nitrogens with zero attached hydrogens (tertiary/aromatic N) is 1. The minimum Gasteiger partial charge on any atom is -0.495 e. The molecule has 2 atom stereocenters. The number of ether oxygens (including phenoxy) is 1. The van der Waals surface area contributed by atoms with Crippen LogP contribution in [-0.4, -0.2) is 54.4 Å². The van der Waals surface area contributed by atoms with Crippen molar-refractivity contribution in [1.82, 2.24) is 15.5 Å². The molecule has 7 nitrogen and oxygen atoms in total. The molecule has 1 aliphatic carbocycles. The molecule has 3 saturated heterocycles. The number of piperidine rings is 2. The lowest BCUT2D eigenvalue weighted by Gasteiger charge is -2.29.